The second-order valence-corrected chi connectivity index (χ2v) is 5.87. The van der Waals surface area contributed by atoms with E-state index < -0.39 is 17.9 Å². The van der Waals surface area contributed by atoms with Crippen molar-refractivity contribution in [2.24, 2.45) is 5.92 Å². The Bertz CT molecular complexity index is 568. The zero-order valence-corrected chi connectivity index (χ0v) is 14.2. The summed E-state index contributed by atoms with van der Waals surface area (Å²) in [5, 5.41) is 12.4. The van der Waals surface area contributed by atoms with Crippen molar-refractivity contribution in [2.45, 2.75) is 19.4 Å². The molecule has 5 nitrogen and oxygen atoms in total. The number of carbonyl (C=O) groups is 2. The second-order valence-electron chi connectivity index (χ2n) is 5.09. The molecule has 0 saturated carbocycles. The normalized spacial score (nSPS) is 19.3. The number of likely N-dealkylation sites (tertiary alicyclic amines) is 1. The number of nitrogens with zero attached hydrogens (tertiary/aromatic N) is 1. The summed E-state index contributed by atoms with van der Waals surface area (Å²) in [5.74, 6) is -1.46. The molecule has 1 heterocycles. The zero-order valence-electron chi connectivity index (χ0n) is 11.9. The number of rotatable bonds is 4. The summed E-state index contributed by atoms with van der Waals surface area (Å²) in [5.41, 5.74) is 0.454. The molecule has 2 unspecified atom stereocenters. The molecule has 1 saturated heterocycles. The number of anilines is 1. The summed E-state index contributed by atoms with van der Waals surface area (Å²) in [6.07, 6.45) is 0.560. The molecule has 2 N–H and O–H groups in total. The Balaban J connectivity index is 0.00000242. The average molecular weight is 368 g/mol. The Hall–Kier alpha value is -1.01. The van der Waals surface area contributed by atoms with E-state index in [2.05, 4.69) is 5.32 Å². The van der Waals surface area contributed by atoms with Crippen LogP contribution in [-0.4, -0.2) is 41.0 Å². The minimum Gasteiger partial charge on any atom is -0.481 e. The van der Waals surface area contributed by atoms with E-state index in [9.17, 15) is 9.59 Å². The first-order chi connectivity index (χ1) is 9.90. The lowest BCUT2D eigenvalue weighted by atomic mass is 10.1. The van der Waals surface area contributed by atoms with Gasteiger partial charge in [-0.3, -0.25) is 14.5 Å². The molecule has 122 valence electrons. The Morgan fingerprint density at radius 3 is 2.68 bits per heavy atom. The number of carbonyl (C=O) groups excluding carboxylic acids is 1. The van der Waals surface area contributed by atoms with Gasteiger partial charge in [-0.15, -0.1) is 12.4 Å². The third-order valence-electron chi connectivity index (χ3n) is 3.71. The topological polar surface area (TPSA) is 69.6 Å². The number of amides is 1. The minimum absolute atomic E-state index is 0. The molecule has 2 atom stereocenters. The fraction of sp³-hybridized carbons (Fsp3) is 0.429. The van der Waals surface area contributed by atoms with E-state index in [0.29, 0.717) is 35.2 Å². The number of hydrogen-bond donors (Lipinski definition) is 2. The Kier molecular flexibility index (Phi) is 6.94. The fourth-order valence-corrected chi connectivity index (χ4v) is 2.69. The number of carboxylic acids is 1. The van der Waals surface area contributed by atoms with Gasteiger partial charge in [0.25, 0.3) is 0 Å². The highest BCUT2D eigenvalue weighted by atomic mass is 35.5. The summed E-state index contributed by atoms with van der Waals surface area (Å²) in [7, 11) is 0. The molecule has 1 fully saturated rings. The van der Waals surface area contributed by atoms with Crippen molar-refractivity contribution < 1.29 is 14.7 Å². The Morgan fingerprint density at radius 2 is 2.09 bits per heavy atom. The maximum atomic E-state index is 12.2. The van der Waals surface area contributed by atoms with Gasteiger partial charge in [0.05, 0.1) is 27.7 Å². The van der Waals surface area contributed by atoms with Crippen LogP contribution in [0.1, 0.15) is 13.3 Å². The molecule has 0 bridgehead atoms. The Morgan fingerprint density at radius 1 is 1.41 bits per heavy atom. The predicted octanol–water partition coefficient (Wildman–Crippen LogP) is 3.15. The van der Waals surface area contributed by atoms with E-state index in [4.69, 9.17) is 28.3 Å². The monoisotopic (exact) mass is 366 g/mol. The van der Waals surface area contributed by atoms with E-state index in [0.717, 1.165) is 0 Å². The van der Waals surface area contributed by atoms with Gasteiger partial charge in [0, 0.05) is 6.54 Å². The molecule has 2 rings (SSSR count). The van der Waals surface area contributed by atoms with Gasteiger partial charge < -0.3 is 10.4 Å². The highest BCUT2D eigenvalue weighted by Gasteiger charge is 2.33. The van der Waals surface area contributed by atoms with E-state index in [1.807, 2.05) is 4.90 Å². The maximum absolute atomic E-state index is 12.2. The van der Waals surface area contributed by atoms with Crippen molar-refractivity contribution in [2.75, 3.05) is 18.4 Å². The highest BCUT2D eigenvalue weighted by molar-refractivity contribution is 6.44. The van der Waals surface area contributed by atoms with Crippen molar-refractivity contribution in [1.29, 1.82) is 0 Å². The summed E-state index contributed by atoms with van der Waals surface area (Å²) in [6, 6.07) is 4.58. The van der Waals surface area contributed by atoms with Crippen LogP contribution in [-0.2, 0) is 9.59 Å². The molecule has 0 spiro atoms. The molecule has 1 amide bonds. The quantitative estimate of drug-likeness (QED) is 0.857. The van der Waals surface area contributed by atoms with E-state index >= 15 is 0 Å². The van der Waals surface area contributed by atoms with E-state index in [-0.39, 0.29) is 18.3 Å². The largest absolute Gasteiger partial charge is 0.481 e. The third-order valence-corrected chi connectivity index (χ3v) is 4.52. The van der Waals surface area contributed by atoms with Crippen LogP contribution in [0.2, 0.25) is 10.0 Å². The van der Waals surface area contributed by atoms with Crippen LogP contribution in [0.25, 0.3) is 0 Å². The highest BCUT2D eigenvalue weighted by Crippen LogP contribution is 2.30. The van der Waals surface area contributed by atoms with Gasteiger partial charge in [-0.25, -0.2) is 0 Å². The molecule has 1 aliphatic rings. The lowest BCUT2D eigenvalue weighted by Gasteiger charge is -2.23. The zero-order chi connectivity index (χ0) is 15.6. The SMILES string of the molecule is CC(C(=O)Nc1cccc(Cl)c1Cl)N1CCC(C(=O)O)C1.Cl. The molecular weight excluding hydrogens is 351 g/mol. The summed E-state index contributed by atoms with van der Waals surface area (Å²) >= 11 is 11.9. The number of hydrogen-bond acceptors (Lipinski definition) is 3. The molecule has 0 aliphatic carbocycles. The van der Waals surface area contributed by atoms with Gasteiger partial charge in [-0.2, -0.15) is 0 Å². The average Bonchev–Trinajstić information content (AvgIpc) is 2.93. The fourth-order valence-electron chi connectivity index (χ4n) is 2.34. The van der Waals surface area contributed by atoms with Gasteiger partial charge >= 0.3 is 5.97 Å². The number of aliphatic carboxylic acids is 1. The Labute approximate surface area is 145 Å². The van der Waals surface area contributed by atoms with E-state index in [1.54, 1.807) is 25.1 Å². The molecule has 1 aromatic rings. The standard InChI is InChI=1S/C14H16Cl2N2O3.ClH/c1-8(18-6-5-9(7-18)14(20)21)13(19)17-11-4-2-3-10(15)12(11)16;/h2-4,8-9H,5-7H2,1H3,(H,17,19)(H,20,21);1H. The molecular formula is C14H17Cl3N2O3. The third kappa shape index (κ3) is 4.26. The molecule has 22 heavy (non-hydrogen) atoms. The van der Waals surface area contributed by atoms with Crippen LogP contribution in [0.15, 0.2) is 18.2 Å². The summed E-state index contributed by atoms with van der Waals surface area (Å²) < 4.78 is 0. The smallest absolute Gasteiger partial charge is 0.307 e. The lowest BCUT2D eigenvalue weighted by molar-refractivity contribution is -0.141. The molecule has 0 aromatic heterocycles. The van der Waals surface area contributed by atoms with Gasteiger partial charge in [0.15, 0.2) is 0 Å². The van der Waals surface area contributed by atoms with Gasteiger partial charge in [-0.05, 0) is 32.0 Å². The van der Waals surface area contributed by atoms with Crippen molar-refractivity contribution in [3.05, 3.63) is 28.2 Å². The van der Waals surface area contributed by atoms with Crippen LogP contribution in [0.3, 0.4) is 0 Å². The van der Waals surface area contributed by atoms with Gasteiger partial charge in [0.1, 0.15) is 0 Å². The summed E-state index contributed by atoms with van der Waals surface area (Å²) in [6.45, 7) is 2.72. The van der Waals surface area contributed by atoms with Crippen molar-refractivity contribution in [3.63, 3.8) is 0 Å². The van der Waals surface area contributed by atoms with Crippen LogP contribution in [0, 0.1) is 5.92 Å². The number of nitrogens with one attached hydrogen (secondary N) is 1. The van der Waals surface area contributed by atoms with Crippen LogP contribution >= 0.6 is 35.6 Å². The number of benzene rings is 1. The molecule has 1 aliphatic heterocycles. The lowest BCUT2D eigenvalue weighted by Crippen LogP contribution is -2.41. The molecule has 0 radical (unpaired) electrons. The second kappa shape index (κ2) is 8.02. The van der Waals surface area contributed by atoms with Gasteiger partial charge in [0.2, 0.25) is 5.91 Å². The molecule has 1 aromatic carbocycles. The summed E-state index contributed by atoms with van der Waals surface area (Å²) in [4.78, 5) is 25.0. The first-order valence-corrected chi connectivity index (χ1v) is 7.37. The van der Waals surface area contributed by atoms with Crippen molar-refractivity contribution in [1.82, 2.24) is 4.90 Å². The van der Waals surface area contributed by atoms with Crippen molar-refractivity contribution in [3.8, 4) is 0 Å². The van der Waals surface area contributed by atoms with Crippen LogP contribution < -0.4 is 5.32 Å². The van der Waals surface area contributed by atoms with E-state index in [1.165, 1.54) is 0 Å². The van der Waals surface area contributed by atoms with Crippen molar-refractivity contribution >= 4 is 53.2 Å². The molecule has 8 heteroatoms. The number of carboxylic acid groups (broad SMARTS) is 1. The van der Waals surface area contributed by atoms with Crippen LogP contribution in [0.5, 0.6) is 0 Å². The van der Waals surface area contributed by atoms with Crippen LogP contribution in [0.4, 0.5) is 5.69 Å². The minimum atomic E-state index is -0.817. The predicted molar refractivity (Wildman–Crippen MR) is 89.1 cm³/mol. The maximum Gasteiger partial charge on any atom is 0.307 e. The first kappa shape index (κ1) is 19.0. The number of halogens is 3. The first-order valence-electron chi connectivity index (χ1n) is 6.62. The van der Waals surface area contributed by atoms with Gasteiger partial charge in [-0.1, -0.05) is 29.3 Å².